The fourth-order valence-corrected chi connectivity index (χ4v) is 4.77. The summed E-state index contributed by atoms with van der Waals surface area (Å²) < 4.78 is 25.4. The van der Waals surface area contributed by atoms with E-state index in [1.807, 2.05) is 30.5 Å². The molecule has 1 aromatic rings. The van der Waals surface area contributed by atoms with E-state index in [0.717, 1.165) is 36.1 Å². The van der Waals surface area contributed by atoms with Gasteiger partial charge in [0.1, 0.15) is 0 Å². The highest BCUT2D eigenvalue weighted by Gasteiger charge is 2.39. The summed E-state index contributed by atoms with van der Waals surface area (Å²) in [6.45, 7) is 1.21. The van der Waals surface area contributed by atoms with Gasteiger partial charge in [0.2, 0.25) is 21.8 Å². The highest BCUT2D eigenvalue weighted by Crippen LogP contribution is 2.29. The fourth-order valence-electron chi connectivity index (χ4n) is 3.87. The quantitative estimate of drug-likeness (QED) is 0.701. The van der Waals surface area contributed by atoms with Crippen LogP contribution in [0.5, 0.6) is 0 Å². The van der Waals surface area contributed by atoms with Crippen molar-refractivity contribution in [3.63, 3.8) is 0 Å². The normalized spacial score (nSPS) is 23.3. The van der Waals surface area contributed by atoms with Crippen molar-refractivity contribution in [2.45, 2.75) is 36.6 Å². The van der Waals surface area contributed by atoms with Crippen LogP contribution in [-0.4, -0.2) is 63.3 Å². The number of nitrogens with one attached hydrogen (secondary N) is 1. The second-order valence-corrected chi connectivity index (χ2v) is 10.1. The molecule has 0 aromatic heterocycles. The Hall–Kier alpha value is -1.58. The van der Waals surface area contributed by atoms with Crippen LogP contribution < -0.4 is 9.62 Å². The van der Waals surface area contributed by atoms with Crippen LogP contribution in [0.4, 0.5) is 5.69 Å². The van der Waals surface area contributed by atoms with Gasteiger partial charge in [-0.05, 0) is 49.8 Å². The number of hydrogen-bond acceptors (Lipinski definition) is 5. The lowest BCUT2D eigenvalue weighted by Gasteiger charge is -2.37. The maximum atomic E-state index is 13.1. The van der Waals surface area contributed by atoms with Crippen LogP contribution in [0.25, 0.3) is 0 Å². The number of sulfonamides is 1. The maximum absolute atomic E-state index is 13.1. The van der Waals surface area contributed by atoms with Crippen LogP contribution in [-0.2, 0) is 19.6 Å². The minimum atomic E-state index is -3.30. The Morgan fingerprint density at radius 3 is 2.61 bits per heavy atom. The highest BCUT2D eigenvalue weighted by atomic mass is 32.2. The topological polar surface area (TPSA) is 86.8 Å². The van der Waals surface area contributed by atoms with Crippen molar-refractivity contribution in [3.8, 4) is 0 Å². The number of benzene rings is 1. The lowest BCUT2D eigenvalue weighted by molar-refractivity contribution is -0.139. The third-order valence-corrected chi connectivity index (χ3v) is 6.78. The molecule has 2 saturated heterocycles. The third kappa shape index (κ3) is 5.07. The first-order chi connectivity index (χ1) is 13.3. The number of hydrogen-bond donors (Lipinski definition) is 1. The summed E-state index contributed by atoms with van der Waals surface area (Å²) in [6.07, 6.45) is 5.97. The van der Waals surface area contributed by atoms with Gasteiger partial charge in [0.25, 0.3) is 0 Å². The molecule has 2 fully saturated rings. The number of thioether (sulfide) groups is 1. The second kappa shape index (κ2) is 8.84. The van der Waals surface area contributed by atoms with Gasteiger partial charge in [-0.25, -0.2) is 13.1 Å². The fraction of sp³-hybridized carbons (Fsp3) is 0.579. The molecule has 1 N–H and O–H groups in total. The first-order valence-corrected chi connectivity index (χ1v) is 12.6. The SMILES string of the molecule is CSc1ccc(N2CC(C(=O)N3CCCCC3CNS(C)(=O)=O)CC2=O)cc1. The molecule has 2 heterocycles. The van der Waals surface area contributed by atoms with E-state index in [2.05, 4.69) is 4.72 Å². The Bertz CT molecular complexity index is 826. The predicted octanol–water partition coefficient (Wildman–Crippen LogP) is 1.69. The van der Waals surface area contributed by atoms with Gasteiger partial charge in [-0.1, -0.05) is 0 Å². The zero-order valence-corrected chi connectivity index (χ0v) is 17.9. The summed E-state index contributed by atoms with van der Waals surface area (Å²) in [5, 5.41) is 0. The summed E-state index contributed by atoms with van der Waals surface area (Å²) in [5.74, 6) is -0.471. The van der Waals surface area contributed by atoms with Crippen LogP contribution in [0.2, 0.25) is 0 Å². The van der Waals surface area contributed by atoms with E-state index in [-0.39, 0.29) is 36.7 Å². The first-order valence-electron chi connectivity index (χ1n) is 9.48. The van der Waals surface area contributed by atoms with Crippen molar-refractivity contribution in [1.29, 1.82) is 0 Å². The smallest absolute Gasteiger partial charge is 0.228 e. The summed E-state index contributed by atoms with van der Waals surface area (Å²) in [6, 6.07) is 7.62. The molecular weight excluding hydrogens is 398 g/mol. The van der Waals surface area contributed by atoms with Gasteiger partial charge in [-0.2, -0.15) is 0 Å². The van der Waals surface area contributed by atoms with Gasteiger partial charge < -0.3 is 9.80 Å². The number of anilines is 1. The monoisotopic (exact) mass is 425 g/mol. The van der Waals surface area contributed by atoms with Gasteiger partial charge in [0.05, 0.1) is 12.2 Å². The number of nitrogens with zero attached hydrogens (tertiary/aromatic N) is 2. The van der Waals surface area contributed by atoms with Gasteiger partial charge in [-0.15, -0.1) is 11.8 Å². The average Bonchev–Trinajstić information content (AvgIpc) is 3.07. The molecule has 9 heteroatoms. The summed E-state index contributed by atoms with van der Waals surface area (Å²) in [5.41, 5.74) is 0.812. The van der Waals surface area contributed by atoms with E-state index in [1.165, 1.54) is 0 Å². The highest BCUT2D eigenvalue weighted by molar-refractivity contribution is 7.98. The van der Waals surface area contributed by atoms with E-state index < -0.39 is 10.0 Å². The minimum Gasteiger partial charge on any atom is -0.338 e. The van der Waals surface area contributed by atoms with Crippen LogP contribution in [0.3, 0.4) is 0 Å². The standard InChI is InChI=1S/C19H27N3O4S2/c1-27-17-8-6-15(7-9-17)22-13-14(11-18(22)23)19(24)21-10-4-3-5-16(21)12-20-28(2,25)26/h6-9,14,16,20H,3-5,10-13H2,1-2H3. The molecule has 2 atom stereocenters. The first kappa shape index (κ1) is 21.1. The molecule has 0 radical (unpaired) electrons. The lowest BCUT2D eigenvalue weighted by atomic mass is 9.98. The maximum Gasteiger partial charge on any atom is 0.228 e. The molecule has 0 spiro atoms. The zero-order valence-electron chi connectivity index (χ0n) is 16.3. The van der Waals surface area contributed by atoms with Crippen LogP contribution in [0, 0.1) is 5.92 Å². The Kier molecular flexibility index (Phi) is 6.67. The van der Waals surface area contributed by atoms with Crippen molar-refractivity contribution < 1.29 is 18.0 Å². The van der Waals surface area contributed by atoms with Crippen molar-refractivity contribution in [2.24, 2.45) is 5.92 Å². The van der Waals surface area contributed by atoms with Crippen molar-refractivity contribution >= 4 is 39.3 Å². The third-order valence-electron chi connectivity index (χ3n) is 5.35. The Balaban J connectivity index is 1.68. The number of likely N-dealkylation sites (tertiary alicyclic amines) is 1. The van der Waals surface area contributed by atoms with Crippen LogP contribution >= 0.6 is 11.8 Å². The lowest BCUT2D eigenvalue weighted by Crippen LogP contribution is -2.51. The van der Waals surface area contributed by atoms with Gasteiger partial charge in [-0.3, -0.25) is 9.59 Å². The molecule has 2 aliphatic rings. The molecule has 28 heavy (non-hydrogen) atoms. The minimum absolute atomic E-state index is 0.0435. The molecule has 2 amide bonds. The van der Waals surface area contributed by atoms with Gasteiger partial charge >= 0.3 is 0 Å². The van der Waals surface area contributed by atoms with Crippen molar-refractivity contribution in [3.05, 3.63) is 24.3 Å². The summed E-state index contributed by atoms with van der Waals surface area (Å²) >= 11 is 1.64. The molecule has 0 aliphatic carbocycles. The molecule has 3 rings (SSSR count). The van der Waals surface area contributed by atoms with Crippen molar-refractivity contribution in [1.82, 2.24) is 9.62 Å². The number of piperidine rings is 1. The largest absolute Gasteiger partial charge is 0.338 e. The number of amides is 2. The van der Waals surface area contributed by atoms with Gasteiger partial charge in [0.15, 0.2) is 0 Å². The predicted molar refractivity (Wildman–Crippen MR) is 111 cm³/mol. The molecule has 1 aromatic carbocycles. The van der Waals surface area contributed by atoms with E-state index in [9.17, 15) is 18.0 Å². The molecule has 2 aliphatic heterocycles. The molecule has 2 unspecified atom stereocenters. The number of carbonyl (C=O) groups excluding carboxylic acids is 2. The molecular formula is C19H27N3O4S2. The molecule has 0 bridgehead atoms. The van der Waals surface area contributed by atoms with Crippen LogP contribution in [0.1, 0.15) is 25.7 Å². The molecule has 0 saturated carbocycles. The Labute approximate surface area is 170 Å². The van der Waals surface area contributed by atoms with E-state index >= 15 is 0 Å². The Morgan fingerprint density at radius 1 is 1.25 bits per heavy atom. The van der Waals surface area contributed by atoms with E-state index in [4.69, 9.17) is 0 Å². The summed E-state index contributed by atoms with van der Waals surface area (Å²) in [4.78, 5) is 30.2. The average molecular weight is 426 g/mol. The zero-order chi connectivity index (χ0) is 20.3. The Morgan fingerprint density at radius 2 is 1.96 bits per heavy atom. The van der Waals surface area contributed by atoms with E-state index in [0.29, 0.717) is 13.1 Å². The van der Waals surface area contributed by atoms with Gasteiger partial charge in [0, 0.05) is 42.7 Å². The molecule has 7 nitrogen and oxygen atoms in total. The summed E-state index contributed by atoms with van der Waals surface area (Å²) in [7, 11) is -3.30. The second-order valence-electron chi connectivity index (χ2n) is 7.41. The van der Waals surface area contributed by atoms with Crippen molar-refractivity contribution in [2.75, 3.05) is 37.0 Å². The molecule has 154 valence electrons. The van der Waals surface area contributed by atoms with Crippen LogP contribution in [0.15, 0.2) is 29.2 Å². The number of rotatable bonds is 6. The number of carbonyl (C=O) groups is 2. The van der Waals surface area contributed by atoms with E-state index in [1.54, 1.807) is 21.6 Å².